The molecule has 0 aliphatic rings. The number of benzene rings is 1. The summed E-state index contributed by atoms with van der Waals surface area (Å²) in [5.74, 6) is 6.31. The van der Waals surface area contributed by atoms with Crippen molar-refractivity contribution in [1.82, 2.24) is 14.9 Å². The molecule has 0 saturated carbocycles. The van der Waals surface area contributed by atoms with Gasteiger partial charge >= 0.3 is 6.36 Å². The van der Waals surface area contributed by atoms with Gasteiger partial charge in [0.05, 0.1) is 6.21 Å². The molecular weight excluding hydrogens is 341 g/mol. The summed E-state index contributed by atoms with van der Waals surface area (Å²) in [5.41, 5.74) is 3.16. The van der Waals surface area contributed by atoms with Crippen LogP contribution in [0.2, 0.25) is 0 Å². The molecule has 3 N–H and O–H groups in total. The minimum atomic E-state index is -4.73. The van der Waals surface area contributed by atoms with E-state index in [1.165, 1.54) is 36.8 Å². The Balaban J connectivity index is 1.65. The van der Waals surface area contributed by atoms with Gasteiger partial charge in [-0.1, -0.05) is 0 Å². The zero-order valence-corrected chi connectivity index (χ0v) is 12.4. The predicted octanol–water partition coefficient (Wildman–Crippen LogP) is 2.60. The second-order valence-electron chi connectivity index (χ2n) is 4.71. The van der Waals surface area contributed by atoms with Crippen LogP contribution in [0.5, 0.6) is 5.75 Å². The average Bonchev–Trinajstić information content (AvgIpc) is 3.16. The second kappa shape index (κ2) is 6.55. The molecule has 25 heavy (non-hydrogen) atoms. The monoisotopic (exact) mass is 352 g/mol. The number of alkyl halides is 3. The quantitative estimate of drug-likeness (QED) is 0.416. The lowest BCUT2D eigenvalue weighted by Gasteiger charge is -2.08. The summed E-state index contributed by atoms with van der Waals surface area (Å²) in [6, 6.07) is 8.62. The Morgan fingerprint density at radius 3 is 2.60 bits per heavy atom. The Labute approximate surface area is 138 Å². The standard InChI is InChI=1S/C14H11F3N6O2/c15-14(16,17)25-10-3-1-9(2-4-10)12-6-5-11(24-12)7-19-21-13-22-20-8-23(13)18/h1-8H,18H2,(H,21,22)/b19-7+. The molecule has 2 heterocycles. The first-order chi connectivity index (χ1) is 11.9. The van der Waals surface area contributed by atoms with Crippen LogP contribution < -0.4 is 16.0 Å². The number of nitrogens with zero attached hydrogens (tertiary/aromatic N) is 4. The number of aromatic nitrogens is 3. The Kier molecular flexibility index (Phi) is 4.29. The Bertz CT molecular complexity index is 869. The van der Waals surface area contributed by atoms with E-state index in [0.29, 0.717) is 17.1 Å². The molecule has 8 nitrogen and oxygen atoms in total. The van der Waals surface area contributed by atoms with Gasteiger partial charge in [0.25, 0.3) is 5.95 Å². The first kappa shape index (κ1) is 16.4. The number of furan rings is 1. The molecule has 0 atom stereocenters. The molecule has 0 saturated heterocycles. The first-order valence-electron chi connectivity index (χ1n) is 6.81. The van der Waals surface area contributed by atoms with Crippen molar-refractivity contribution in [1.29, 1.82) is 0 Å². The van der Waals surface area contributed by atoms with E-state index in [1.54, 1.807) is 12.1 Å². The summed E-state index contributed by atoms with van der Waals surface area (Å²) >= 11 is 0. The summed E-state index contributed by atoms with van der Waals surface area (Å²) in [5, 5.41) is 11.1. The Morgan fingerprint density at radius 1 is 1.20 bits per heavy atom. The third-order valence-electron chi connectivity index (χ3n) is 2.93. The van der Waals surface area contributed by atoms with Gasteiger partial charge in [0.1, 0.15) is 23.6 Å². The molecule has 3 rings (SSSR count). The number of hydrogen-bond acceptors (Lipinski definition) is 7. The summed E-state index contributed by atoms with van der Waals surface area (Å²) < 4.78 is 46.9. The highest BCUT2D eigenvalue weighted by atomic mass is 19.4. The minimum Gasteiger partial charge on any atom is -0.455 e. The highest BCUT2D eigenvalue weighted by Gasteiger charge is 2.30. The smallest absolute Gasteiger partial charge is 0.455 e. The van der Waals surface area contributed by atoms with Gasteiger partial charge in [0.15, 0.2) is 0 Å². The summed E-state index contributed by atoms with van der Waals surface area (Å²) in [7, 11) is 0. The molecule has 0 aliphatic heterocycles. The summed E-state index contributed by atoms with van der Waals surface area (Å²) in [6.07, 6.45) is -2.04. The van der Waals surface area contributed by atoms with E-state index in [9.17, 15) is 13.2 Å². The molecule has 0 unspecified atom stereocenters. The van der Waals surface area contributed by atoms with Crippen LogP contribution in [0.1, 0.15) is 5.76 Å². The van der Waals surface area contributed by atoms with Crippen molar-refractivity contribution in [3.63, 3.8) is 0 Å². The van der Waals surface area contributed by atoms with Crippen molar-refractivity contribution in [2.24, 2.45) is 5.10 Å². The van der Waals surface area contributed by atoms with Gasteiger partial charge < -0.3 is 15.0 Å². The topological polar surface area (TPSA) is 103 Å². The van der Waals surface area contributed by atoms with Crippen molar-refractivity contribution in [3.05, 3.63) is 48.5 Å². The van der Waals surface area contributed by atoms with Crippen LogP contribution in [0.3, 0.4) is 0 Å². The van der Waals surface area contributed by atoms with Crippen LogP contribution in [-0.4, -0.2) is 27.5 Å². The largest absolute Gasteiger partial charge is 0.573 e. The van der Waals surface area contributed by atoms with Crippen LogP contribution >= 0.6 is 0 Å². The number of halogens is 3. The van der Waals surface area contributed by atoms with E-state index in [0.717, 1.165) is 4.68 Å². The van der Waals surface area contributed by atoms with Crippen LogP contribution in [0.15, 0.2) is 52.2 Å². The highest BCUT2D eigenvalue weighted by molar-refractivity contribution is 5.78. The zero-order chi connectivity index (χ0) is 17.9. The van der Waals surface area contributed by atoms with E-state index in [-0.39, 0.29) is 11.7 Å². The third kappa shape index (κ3) is 4.28. The van der Waals surface area contributed by atoms with E-state index < -0.39 is 6.36 Å². The number of rotatable bonds is 5. The fraction of sp³-hybridized carbons (Fsp3) is 0.0714. The molecule has 0 fully saturated rings. The van der Waals surface area contributed by atoms with Crippen LogP contribution in [-0.2, 0) is 0 Å². The summed E-state index contributed by atoms with van der Waals surface area (Å²) in [6.45, 7) is 0. The van der Waals surface area contributed by atoms with Crippen LogP contribution in [0.25, 0.3) is 11.3 Å². The molecule has 3 aromatic rings. The van der Waals surface area contributed by atoms with Crippen molar-refractivity contribution < 1.29 is 22.3 Å². The zero-order valence-electron chi connectivity index (χ0n) is 12.4. The van der Waals surface area contributed by atoms with E-state index in [2.05, 4.69) is 25.5 Å². The first-order valence-corrected chi connectivity index (χ1v) is 6.81. The molecule has 0 spiro atoms. The van der Waals surface area contributed by atoms with E-state index >= 15 is 0 Å². The maximum absolute atomic E-state index is 12.1. The van der Waals surface area contributed by atoms with Gasteiger partial charge in [0.2, 0.25) is 0 Å². The third-order valence-corrected chi connectivity index (χ3v) is 2.93. The van der Waals surface area contributed by atoms with Crippen molar-refractivity contribution in [3.8, 4) is 17.1 Å². The normalized spacial score (nSPS) is 11.8. The number of hydrazone groups is 1. The van der Waals surface area contributed by atoms with Gasteiger partial charge in [-0.3, -0.25) is 0 Å². The molecule has 2 aromatic heterocycles. The number of anilines is 1. The number of nitrogens with two attached hydrogens (primary N) is 1. The lowest BCUT2D eigenvalue weighted by atomic mass is 10.2. The lowest BCUT2D eigenvalue weighted by Crippen LogP contribution is -2.16. The van der Waals surface area contributed by atoms with Gasteiger partial charge in [-0.05, 0) is 36.4 Å². The Morgan fingerprint density at radius 2 is 1.96 bits per heavy atom. The average molecular weight is 352 g/mol. The van der Waals surface area contributed by atoms with Gasteiger partial charge in [-0.25, -0.2) is 10.1 Å². The lowest BCUT2D eigenvalue weighted by molar-refractivity contribution is -0.274. The molecule has 11 heteroatoms. The Hall–Kier alpha value is -3.50. The van der Waals surface area contributed by atoms with Crippen molar-refractivity contribution in [2.75, 3.05) is 11.3 Å². The predicted molar refractivity (Wildman–Crippen MR) is 82.2 cm³/mol. The maximum Gasteiger partial charge on any atom is 0.573 e. The molecule has 0 bridgehead atoms. The maximum atomic E-state index is 12.1. The fourth-order valence-corrected chi connectivity index (χ4v) is 1.87. The molecular formula is C14H11F3N6O2. The molecule has 1 aromatic carbocycles. The minimum absolute atomic E-state index is 0.239. The molecule has 0 radical (unpaired) electrons. The number of nitrogens with one attached hydrogen (secondary N) is 1. The van der Waals surface area contributed by atoms with Crippen molar-refractivity contribution in [2.45, 2.75) is 6.36 Å². The second-order valence-corrected chi connectivity index (χ2v) is 4.71. The van der Waals surface area contributed by atoms with E-state index in [4.69, 9.17) is 10.3 Å². The van der Waals surface area contributed by atoms with Crippen molar-refractivity contribution >= 4 is 12.2 Å². The molecule has 0 amide bonds. The van der Waals surface area contributed by atoms with E-state index in [1.807, 2.05) is 0 Å². The van der Waals surface area contributed by atoms with Crippen LogP contribution in [0.4, 0.5) is 19.1 Å². The number of nitrogen functional groups attached to an aromatic ring is 1. The number of hydrogen-bond donors (Lipinski definition) is 2. The SMILES string of the molecule is Nn1cnnc1N/N=C/c1ccc(-c2ccc(OC(F)(F)F)cc2)o1. The molecule has 130 valence electrons. The number of ether oxygens (including phenoxy) is 1. The van der Waals surface area contributed by atoms with Gasteiger partial charge in [-0.2, -0.15) is 5.10 Å². The van der Waals surface area contributed by atoms with Gasteiger partial charge in [0, 0.05) is 5.56 Å². The molecule has 0 aliphatic carbocycles. The van der Waals surface area contributed by atoms with Crippen LogP contribution in [0, 0.1) is 0 Å². The summed E-state index contributed by atoms with van der Waals surface area (Å²) in [4.78, 5) is 0. The fourth-order valence-electron chi connectivity index (χ4n) is 1.87. The van der Waals surface area contributed by atoms with Gasteiger partial charge in [-0.15, -0.1) is 23.4 Å². The highest BCUT2D eigenvalue weighted by Crippen LogP contribution is 2.27.